The molecule has 8 heteroatoms. The number of hydrogen-bond acceptors (Lipinski definition) is 4. The van der Waals surface area contributed by atoms with Crippen molar-refractivity contribution in [2.24, 2.45) is 0 Å². The molecular weight excluding hydrogens is 455 g/mol. The smallest absolute Gasteiger partial charge is 0.416 e. The molecule has 3 aromatic rings. The van der Waals surface area contributed by atoms with E-state index in [2.05, 4.69) is 10.3 Å². The molecular formula is C27H28F3N3O2. The van der Waals surface area contributed by atoms with Crippen LogP contribution in [0.5, 0.6) is 0 Å². The fourth-order valence-electron chi connectivity index (χ4n) is 4.02. The van der Waals surface area contributed by atoms with Crippen molar-refractivity contribution in [2.45, 2.75) is 52.1 Å². The Kier molecular flexibility index (Phi) is 6.74. The summed E-state index contributed by atoms with van der Waals surface area (Å²) in [5.74, 6) is 0. The molecule has 1 N–H and O–H groups in total. The molecule has 0 saturated heterocycles. The van der Waals surface area contributed by atoms with Crippen molar-refractivity contribution in [3.63, 3.8) is 0 Å². The highest BCUT2D eigenvalue weighted by Crippen LogP contribution is 2.36. The van der Waals surface area contributed by atoms with Gasteiger partial charge in [0.15, 0.2) is 0 Å². The van der Waals surface area contributed by atoms with Gasteiger partial charge in [0.1, 0.15) is 5.60 Å². The van der Waals surface area contributed by atoms with Crippen LogP contribution in [0.15, 0.2) is 60.9 Å². The Morgan fingerprint density at radius 3 is 2.46 bits per heavy atom. The van der Waals surface area contributed by atoms with Gasteiger partial charge >= 0.3 is 12.3 Å². The van der Waals surface area contributed by atoms with Gasteiger partial charge < -0.3 is 15.0 Å². The number of nitrogens with zero attached hydrogens (tertiary/aromatic N) is 2. The van der Waals surface area contributed by atoms with Crippen molar-refractivity contribution in [3.8, 4) is 11.1 Å². The molecule has 0 saturated carbocycles. The number of fused-ring (bicyclic) bond motifs is 1. The first-order valence-corrected chi connectivity index (χ1v) is 11.4. The number of amides is 1. The summed E-state index contributed by atoms with van der Waals surface area (Å²) in [6.07, 6.45) is -0.653. The third-order valence-corrected chi connectivity index (χ3v) is 5.73. The van der Waals surface area contributed by atoms with Crippen molar-refractivity contribution in [1.29, 1.82) is 0 Å². The van der Waals surface area contributed by atoms with Gasteiger partial charge in [0, 0.05) is 43.3 Å². The second-order valence-corrected chi connectivity index (χ2v) is 9.61. The van der Waals surface area contributed by atoms with Gasteiger partial charge in [-0.05, 0) is 79.8 Å². The lowest BCUT2D eigenvalue weighted by Gasteiger charge is -2.32. The molecule has 0 aliphatic carbocycles. The second kappa shape index (κ2) is 9.60. The van der Waals surface area contributed by atoms with Crippen LogP contribution in [0.1, 0.15) is 43.0 Å². The maximum Gasteiger partial charge on any atom is 0.416 e. The quantitative estimate of drug-likeness (QED) is 0.450. The van der Waals surface area contributed by atoms with Gasteiger partial charge in [-0.25, -0.2) is 4.79 Å². The number of hydrogen-bond donors (Lipinski definition) is 1. The number of carbonyl (C=O) groups is 1. The largest absolute Gasteiger partial charge is 0.444 e. The first-order valence-electron chi connectivity index (χ1n) is 11.4. The Labute approximate surface area is 202 Å². The molecule has 2 heterocycles. The molecule has 1 aliphatic heterocycles. The highest BCUT2D eigenvalue weighted by Gasteiger charge is 2.30. The van der Waals surface area contributed by atoms with Crippen LogP contribution >= 0.6 is 0 Å². The molecule has 5 nitrogen and oxygen atoms in total. The summed E-state index contributed by atoms with van der Waals surface area (Å²) in [5, 5.41) is 3.42. The van der Waals surface area contributed by atoms with Gasteiger partial charge in [-0.2, -0.15) is 13.2 Å². The standard InChI is InChI=1S/C27H28F3N3O2/c1-26(2,3)35-25(34)33-12-10-20-14-24(32-16-18-5-4-11-31-15-18)23(13-21(20)17-33)19-6-8-22(9-7-19)27(28,29)30/h4-9,11,13-15,32H,10,12,16-17H2,1-3H3. The average molecular weight is 484 g/mol. The number of aromatic nitrogens is 1. The predicted molar refractivity (Wildman–Crippen MR) is 129 cm³/mol. The van der Waals surface area contributed by atoms with Crippen LogP contribution in [0.4, 0.5) is 23.7 Å². The van der Waals surface area contributed by atoms with E-state index in [4.69, 9.17) is 4.74 Å². The van der Waals surface area contributed by atoms with E-state index in [1.807, 2.05) is 45.0 Å². The van der Waals surface area contributed by atoms with Crippen molar-refractivity contribution >= 4 is 11.8 Å². The summed E-state index contributed by atoms with van der Waals surface area (Å²) in [4.78, 5) is 18.4. The van der Waals surface area contributed by atoms with Gasteiger partial charge in [0.25, 0.3) is 0 Å². The Hall–Kier alpha value is -3.55. The molecule has 0 atom stereocenters. The number of rotatable bonds is 4. The van der Waals surface area contributed by atoms with E-state index >= 15 is 0 Å². The molecule has 0 bridgehead atoms. The van der Waals surface area contributed by atoms with Crippen molar-refractivity contribution < 1.29 is 22.7 Å². The lowest BCUT2D eigenvalue weighted by atomic mass is 9.92. The number of pyridine rings is 1. The lowest BCUT2D eigenvalue weighted by molar-refractivity contribution is -0.137. The maximum absolute atomic E-state index is 13.1. The molecule has 35 heavy (non-hydrogen) atoms. The van der Waals surface area contributed by atoms with Crippen molar-refractivity contribution in [3.05, 3.63) is 83.2 Å². The van der Waals surface area contributed by atoms with Gasteiger partial charge in [0.2, 0.25) is 0 Å². The number of alkyl halides is 3. The zero-order chi connectivity index (χ0) is 25.2. The third kappa shape index (κ3) is 6.12. The Morgan fingerprint density at radius 2 is 1.83 bits per heavy atom. The molecule has 0 unspecified atom stereocenters. The minimum atomic E-state index is -4.40. The summed E-state index contributed by atoms with van der Waals surface area (Å²) >= 11 is 0. The van der Waals surface area contributed by atoms with Crippen LogP contribution in [-0.4, -0.2) is 28.1 Å². The third-order valence-electron chi connectivity index (χ3n) is 5.73. The first-order chi connectivity index (χ1) is 16.5. The SMILES string of the molecule is CC(C)(C)OC(=O)N1CCc2cc(NCc3cccnc3)c(-c3ccc(C(F)(F)F)cc3)cc2C1. The fraction of sp³-hybridized carbons (Fsp3) is 0.333. The zero-order valence-electron chi connectivity index (χ0n) is 19.9. The van der Waals surface area contributed by atoms with Gasteiger partial charge in [-0.1, -0.05) is 18.2 Å². The summed E-state index contributed by atoms with van der Waals surface area (Å²) in [6.45, 7) is 6.90. The highest BCUT2D eigenvalue weighted by molar-refractivity contribution is 5.80. The van der Waals surface area contributed by atoms with Gasteiger partial charge in [0.05, 0.1) is 5.56 Å². The topological polar surface area (TPSA) is 54.5 Å². The average Bonchev–Trinajstić information content (AvgIpc) is 2.81. The van der Waals surface area contributed by atoms with Crippen LogP contribution in [0.25, 0.3) is 11.1 Å². The fourth-order valence-corrected chi connectivity index (χ4v) is 4.02. The van der Waals surface area contributed by atoms with E-state index in [1.165, 1.54) is 12.1 Å². The lowest BCUT2D eigenvalue weighted by Crippen LogP contribution is -2.39. The van der Waals surface area contributed by atoms with Gasteiger partial charge in [-0.15, -0.1) is 0 Å². The molecule has 184 valence electrons. The predicted octanol–water partition coefficient (Wildman–Crippen LogP) is 6.67. The van der Waals surface area contributed by atoms with E-state index in [0.29, 0.717) is 31.6 Å². The molecule has 0 spiro atoms. The molecule has 1 amide bonds. The summed E-state index contributed by atoms with van der Waals surface area (Å²) in [6, 6.07) is 12.9. The van der Waals surface area contributed by atoms with Gasteiger partial charge in [-0.3, -0.25) is 4.98 Å². The van der Waals surface area contributed by atoms with Crippen LogP contribution in [0, 0.1) is 0 Å². The molecule has 0 radical (unpaired) electrons. The Balaban J connectivity index is 1.67. The van der Waals surface area contributed by atoms with E-state index < -0.39 is 17.3 Å². The number of carbonyl (C=O) groups excluding carboxylic acids is 1. The van der Waals surface area contributed by atoms with Crippen molar-refractivity contribution in [1.82, 2.24) is 9.88 Å². The number of ether oxygens (including phenoxy) is 1. The molecule has 1 aliphatic rings. The maximum atomic E-state index is 13.1. The van der Waals surface area contributed by atoms with Crippen molar-refractivity contribution in [2.75, 3.05) is 11.9 Å². The number of halogens is 3. The first kappa shape index (κ1) is 24.6. The van der Waals surface area contributed by atoms with E-state index in [0.717, 1.165) is 40.1 Å². The second-order valence-electron chi connectivity index (χ2n) is 9.61. The minimum absolute atomic E-state index is 0.376. The Bertz CT molecular complexity index is 1190. The van der Waals surface area contributed by atoms with Crippen LogP contribution in [-0.2, 0) is 30.4 Å². The molecule has 2 aromatic carbocycles. The van der Waals surface area contributed by atoms with E-state index in [-0.39, 0.29) is 6.09 Å². The van der Waals surface area contributed by atoms with Crippen LogP contribution in [0.2, 0.25) is 0 Å². The number of anilines is 1. The van der Waals surface area contributed by atoms with E-state index in [1.54, 1.807) is 17.3 Å². The van der Waals surface area contributed by atoms with Crippen LogP contribution < -0.4 is 5.32 Å². The normalized spacial score (nSPS) is 13.8. The summed E-state index contributed by atoms with van der Waals surface area (Å²) < 4.78 is 44.8. The summed E-state index contributed by atoms with van der Waals surface area (Å²) in [7, 11) is 0. The number of benzene rings is 2. The number of nitrogens with one attached hydrogen (secondary N) is 1. The monoisotopic (exact) mass is 483 g/mol. The van der Waals surface area contributed by atoms with Crippen LogP contribution in [0.3, 0.4) is 0 Å². The highest BCUT2D eigenvalue weighted by atomic mass is 19.4. The molecule has 0 fully saturated rings. The van der Waals surface area contributed by atoms with E-state index in [9.17, 15) is 18.0 Å². The Morgan fingerprint density at radius 1 is 1.09 bits per heavy atom. The molecule has 4 rings (SSSR count). The zero-order valence-corrected chi connectivity index (χ0v) is 19.9. The molecule has 1 aromatic heterocycles. The summed E-state index contributed by atoms with van der Waals surface area (Å²) in [5.41, 5.74) is 3.98. The minimum Gasteiger partial charge on any atom is -0.444 e.